The molecule has 0 unspecified atom stereocenters. The average Bonchev–Trinajstić information content (AvgIpc) is 2.85. The molecule has 0 amide bonds. The molecule has 0 spiro atoms. The van der Waals surface area contributed by atoms with Gasteiger partial charge in [0.2, 0.25) is 0 Å². The summed E-state index contributed by atoms with van der Waals surface area (Å²) in [6, 6.07) is 25.8. The maximum atomic E-state index is 11.2. The van der Waals surface area contributed by atoms with Gasteiger partial charge in [-0.15, -0.1) is 0 Å². The van der Waals surface area contributed by atoms with E-state index in [2.05, 4.69) is 15.5 Å². The predicted octanol–water partition coefficient (Wildman–Crippen LogP) is 4.93. The number of hydroxylamine groups is 1. The Labute approximate surface area is 188 Å². The summed E-state index contributed by atoms with van der Waals surface area (Å²) in [6.45, 7) is 0.693. The first-order valence-corrected chi connectivity index (χ1v) is 10.4. The zero-order valence-corrected chi connectivity index (χ0v) is 18.3. The molecule has 0 heterocycles. The number of hydrogen-bond donors (Lipinski definition) is 2. The molecule has 3 rings (SSSR count). The standard InChI is InChI=1S/C26H28N2O4/c1-30-26(29)17-12-20-8-13-23(14-9-20)27-18-21-10-15-24(16-11-21)32-19-25(28-31-2)22-6-4-3-5-7-22/h3-11,13-16,19,27-28H,12,17-18H2,1-2H3. The topological polar surface area (TPSA) is 68.8 Å². The van der Waals surface area contributed by atoms with Crippen LogP contribution in [0.3, 0.4) is 0 Å². The van der Waals surface area contributed by atoms with Gasteiger partial charge in [0.05, 0.1) is 14.2 Å². The van der Waals surface area contributed by atoms with E-state index >= 15 is 0 Å². The molecule has 0 aliphatic rings. The number of methoxy groups -OCH3 is 1. The Bertz CT molecular complexity index is 1000. The van der Waals surface area contributed by atoms with Crippen LogP contribution >= 0.6 is 0 Å². The van der Waals surface area contributed by atoms with Crippen LogP contribution in [0.4, 0.5) is 5.69 Å². The Hall–Kier alpha value is -3.77. The molecule has 2 N–H and O–H groups in total. The molecule has 0 fully saturated rings. The summed E-state index contributed by atoms with van der Waals surface area (Å²) in [5.41, 5.74) is 7.80. The van der Waals surface area contributed by atoms with Gasteiger partial charge in [0, 0.05) is 24.2 Å². The van der Waals surface area contributed by atoms with Gasteiger partial charge in [-0.25, -0.2) is 0 Å². The van der Waals surface area contributed by atoms with E-state index in [1.807, 2.05) is 78.9 Å². The van der Waals surface area contributed by atoms with Crippen molar-refractivity contribution in [3.05, 3.63) is 102 Å². The second-order valence-corrected chi connectivity index (χ2v) is 7.09. The Balaban J connectivity index is 1.51. The molecule has 0 saturated carbocycles. The lowest BCUT2D eigenvalue weighted by Crippen LogP contribution is -2.11. The highest BCUT2D eigenvalue weighted by molar-refractivity contribution is 5.69. The Morgan fingerprint density at radius 3 is 2.22 bits per heavy atom. The lowest BCUT2D eigenvalue weighted by molar-refractivity contribution is -0.140. The summed E-state index contributed by atoms with van der Waals surface area (Å²) >= 11 is 0. The quantitative estimate of drug-likeness (QED) is 0.254. The molecule has 0 radical (unpaired) electrons. The molecule has 6 heteroatoms. The van der Waals surface area contributed by atoms with Gasteiger partial charge < -0.3 is 14.8 Å². The van der Waals surface area contributed by atoms with Gasteiger partial charge in [-0.2, -0.15) is 0 Å². The fourth-order valence-electron chi connectivity index (χ4n) is 3.03. The second-order valence-electron chi connectivity index (χ2n) is 7.09. The van der Waals surface area contributed by atoms with E-state index in [1.54, 1.807) is 13.4 Å². The van der Waals surface area contributed by atoms with Gasteiger partial charge in [0.15, 0.2) is 0 Å². The summed E-state index contributed by atoms with van der Waals surface area (Å²) < 4.78 is 10.5. The van der Waals surface area contributed by atoms with E-state index in [9.17, 15) is 4.79 Å². The highest BCUT2D eigenvalue weighted by atomic mass is 16.6. The van der Waals surface area contributed by atoms with Crippen LogP contribution in [-0.2, 0) is 27.3 Å². The number of aryl methyl sites for hydroxylation is 1. The van der Waals surface area contributed by atoms with E-state index in [0.29, 0.717) is 19.4 Å². The van der Waals surface area contributed by atoms with E-state index in [-0.39, 0.29) is 5.97 Å². The molecule has 3 aromatic rings. The van der Waals surface area contributed by atoms with Crippen molar-refractivity contribution in [2.45, 2.75) is 19.4 Å². The van der Waals surface area contributed by atoms with Crippen molar-refractivity contribution in [1.82, 2.24) is 5.48 Å². The highest BCUT2D eigenvalue weighted by Crippen LogP contribution is 2.18. The van der Waals surface area contributed by atoms with Crippen molar-refractivity contribution in [3.63, 3.8) is 0 Å². The van der Waals surface area contributed by atoms with Crippen LogP contribution in [0.25, 0.3) is 5.70 Å². The summed E-state index contributed by atoms with van der Waals surface area (Å²) in [5, 5.41) is 3.40. The van der Waals surface area contributed by atoms with E-state index in [0.717, 1.165) is 33.8 Å². The minimum atomic E-state index is -0.193. The van der Waals surface area contributed by atoms with Crippen molar-refractivity contribution in [3.8, 4) is 5.75 Å². The summed E-state index contributed by atoms with van der Waals surface area (Å²) in [6.07, 6.45) is 2.70. The normalized spacial score (nSPS) is 11.0. The van der Waals surface area contributed by atoms with Gasteiger partial charge in [-0.3, -0.25) is 15.1 Å². The van der Waals surface area contributed by atoms with Crippen LogP contribution < -0.4 is 15.5 Å². The Morgan fingerprint density at radius 2 is 1.56 bits per heavy atom. The first kappa shape index (κ1) is 22.9. The van der Waals surface area contributed by atoms with Crippen molar-refractivity contribution >= 4 is 17.4 Å². The number of anilines is 1. The zero-order chi connectivity index (χ0) is 22.6. The fourth-order valence-corrected chi connectivity index (χ4v) is 3.03. The first-order chi connectivity index (χ1) is 15.7. The van der Waals surface area contributed by atoms with Gasteiger partial charge in [-0.1, -0.05) is 54.6 Å². The van der Waals surface area contributed by atoms with Crippen LogP contribution in [-0.4, -0.2) is 20.2 Å². The SMILES string of the molecule is CONC(=COc1ccc(CNc2ccc(CCC(=O)OC)cc2)cc1)c1ccccc1. The molecule has 0 saturated heterocycles. The lowest BCUT2D eigenvalue weighted by Gasteiger charge is -2.10. The molecule has 3 aromatic carbocycles. The largest absolute Gasteiger partial charge is 0.469 e. The smallest absolute Gasteiger partial charge is 0.305 e. The third-order valence-corrected chi connectivity index (χ3v) is 4.83. The Kier molecular flexibility index (Phi) is 8.71. The third kappa shape index (κ3) is 7.18. The van der Waals surface area contributed by atoms with E-state index in [1.165, 1.54) is 7.11 Å². The second kappa shape index (κ2) is 12.2. The number of benzene rings is 3. The number of ether oxygens (including phenoxy) is 2. The van der Waals surface area contributed by atoms with Gasteiger partial charge in [0.25, 0.3) is 0 Å². The molecule has 0 aliphatic carbocycles. The monoisotopic (exact) mass is 432 g/mol. The molecular formula is C26H28N2O4. The minimum absolute atomic E-state index is 0.193. The van der Waals surface area contributed by atoms with Crippen LogP contribution in [0.15, 0.2) is 85.1 Å². The van der Waals surface area contributed by atoms with Gasteiger partial charge >= 0.3 is 5.97 Å². The molecule has 0 aliphatic heterocycles. The molecule has 166 valence electrons. The molecule has 6 nitrogen and oxygen atoms in total. The molecule has 0 atom stereocenters. The van der Waals surface area contributed by atoms with Gasteiger partial charge in [0.1, 0.15) is 17.7 Å². The molecular weight excluding hydrogens is 404 g/mol. The number of nitrogens with one attached hydrogen (secondary N) is 2. The number of carbonyl (C=O) groups excluding carboxylic acids is 1. The molecule has 32 heavy (non-hydrogen) atoms. The number of rotatable bonds is 11. The van der Waals surface area contributed by atoms with Crippen molar-refractivity contribution in [1.29, 1.82) is 0 Å². The summed E-state index contributed by atoms with van der Waals surface area (Å²) in [4.78, 5) is 16.3. The zero-order valence-electron chi connectivity index (χ0n) is 18.3. The summed E-state index contributed by atoms with van der Waals surface area (Å²) in [5.74, 6) is 0.538. The number of carbonyl (C=O) groups is 1. The fraction of sp³-hybridized carbons (Fsp3) is 0.192. The van der Waals surface area contributed by atoms with Gasteiger partial charge in [-0.05, 0) is 41.8 Å². The van der Waals surface area contributed by atoms with E-state index < -0.39 is 0 Å². The lowest BCUT2D eigenvalue weighted by atomic mass is 10.1. The van der Waals surface area contributed by atoms with Crippen LogP contribution in [0, 0.1) is 0 Å². The maximum Gasteiger partial charge on any atom is 0.305 e. The van der Waals surface area contributed by atoms with Crippen molar-refractivity contribution < 1.29 is 19.1 Å². The maximum absolute atomic E-state index is 11.2. The molecule has 0 aromatic heterocycles. The third-order valence-electron chi connectivity index (χ3n) is 4.83. The minimum Gasteiger partial charge on any atom is -0.469 e. The highest BCUT2D eigenvalue weighted by Gasteiger charge is 2.03. The predicted molar refractivity (Wildman–Crippen MR) is 126 cm³/mol. The average molecular weight is 433 g/mol. The Morgan fingerprint density at radius 1 is 0.875 bits per heavy atom. The van der Waals surface area contributed by atoms with Crippen LogP contribution in [0.2, 0.25) is 0 Å². The summed E-state index contributed by atoms with van der Waals surface area (Å²) in [7, 11) is 2.97. The van der Waals surface area contributed by atoms with E-state index in [4.69, 9.17) is 9.57 Å². The number of esters is 1. The molecule has 0 bridgehead atoms. The van der Waals surface area contributed by atoms with Crippen molar-refractivity contribution in [2.75, 3.05) is 19.5 Å². The van der Waals surface area contributed by atoms with Crippen LogP contribution in [0.1, 0.15) is 23.1 Å². The van der Waals surface area contributed by atoms with Crippen molar-refractivity contribution in [2.24, 2.45) is 0 Å². The number of hydrogen-bond acceptors (Lipinski definition) is 6. The first-order valence-electron chi connectivity index (χ1n) is 10.4. The van der Waals surface area contributed by atoms with Crippen LogP contribution in [0.5, 0.6) is 5.75 Å².